The van der Waals surface area contributed by atoms with Crippen LogP contribution < -0.4 is 0 Å². The normalized spacial score (nSPS) is 11.4. The lowest BCUT2D eigenvalue weighted by atomic mass is 9.78. The van der Waals surface area contributed by atoms with E-state index in [-0.39, 0.29) is 33.8 Å². The van der Waals surface area contributed by atoms with Crippen LogP contribution >= 0.6 is 0 Å². The van der Waals surface area contributed by atoms with Crippen LogP contribution in [-0.2, 0) is 10.8 Å². The highest BCUT2D eigenvalue weighted by molar-refractivity contribution is 5.43. The molecule has 0 aromatic heterocycles. The van der Waals surface area contributed by atoms with Gasteiger partial charge in [0, 0.05) is 10.8 Å². The lowest BCUT2D eigenvalue weighted by molar-refractivity contribution is 0.471. The molecular formula is C30H32O4. The molecule has 0 radical (unpaired) electrons. The molecule has 4 rings (SSSR count). The molecule has 4 aromatic carbocycles. The summed E-state index contributed by atoms with van der Waals surface area (Å²) >= 11 is 0. The van der Waals surface area contributed by atoms with Gasteiger partial charge in [-0.25, -0.2) is 0 Å². The average Bonchev–Trinajstić information content (AvgIpc) is 2.80. The maximum Gasteiger partial charge on any atom is 0.115 e. The summed E-state index contributed by atoms with van der Waals surface area (Å²) in [4.78, 5) is 0. The summed E-state index contributed by atoms with van der Waals surface area (Å²) < 4.78 is 0. The first-order valence-electron chi connectivity index (χ1n) is 11.2. The maximum absolute atomic E-state index is 9.53. The highest BCUT2D eigenvalue weighted by Gasteiger charge is 2.24. The van der Waals surface area contributed by atoms with Crippen LogP contribution in [0.2, 0.25) is 0 Å². The van der Waals surface area contributed by atoms with Crippen molar-refractivity contribution in [3.63, 3.8) is 0 Å². The third-order valence-electron chi connectivity index (χ3n) is 6.31. The van der Waals surface area contributed by atoms with E-state index in [9.17, 15) is 20.4 Å². The molecule has 0 bridgehead atoms. The Kier molecular flexibility index (Phi) is 7.21. The topological polar surface area (TPSA) is 80.9 Å². The Morgan fingerprint density at radius 2 is 0.706 bits per heavy atom. The fourth-order valence-electron chi connectivity index (χ4n) is 3.88. The molecule has 0 aliphatic heterocycles. The summed E-state index contributed by atoms with van der Waals surface area (Å²) in [6.45, 7) is 8.37. The molecule has 4 aromatic rings. The van der Waals surface area contributed by atoms with E-state index in [2.05, 4.69) is 27.7 Å². The summed E-state index contributed by atoms with van der Waals surface area (Å²) in [7, 11) is 0. The van der Waals surface area contributed by atoms with Crippen LogP contribution in [-0.4, -0.2) is 20.4 Å². The molecule has 0 heterocycles. The Labute approximate surface area is 201 Å². The van der Waals surface area contributed by atoms with Crippen molar-refractivity contribution in [3.05, 3.63) is 119 Å². The average molecular weight is 457 g/mol. The van der Waals surface area contributed by atoms with Gasteiger partial charge in [-0.15, -0.1) is 0 Å². The second-order valence-electron chi connectivity index (χ2n) is 9.44. The van der Waals surface area contributed by atoms with Crippen molar-refractivity contribution in [2.45, 2.75) is 38.5 Å². The second-order valence-corrected chi connectivity index (χ2v) is 9.44. The van der Waals surface area contributed by atoms with Gasteiger partial charge < -0.3 is 20.4 Å². The predicted octanol–water partition coefficient (Wildman–Crippen LogP) is 6.85. The number of rotatable bonds is 4. The fraction of sp³-hybridized carbons (Fsp3) is 0.200. The first-order valence-corrected chi connectivity index (χ1v) is 11.2. The molecule has 4 N–H and O–H groups in total. The van der Waals surface area contributed by atoms with Crippen molar-refractivity contribution in [3.8, 4) is 23.0 Å². The van der Waals surface area contributed by atoms with Crippen molar-refractivity contribution < 1.29 is 20.4 Å². The predicted molar refractivity (Wildman–Crippen MR) is 137 cm³/mol. The smallest absolute Gasteiger partial charge is 0.115 e. The van der Waals surface area contributed by atoms with E-state index < -0.39 is 0 Å². The van der Waals surface area contributed by atoms with E-state index in [0.29, 0.717) is 0 Å². The van der Waals surface area contributed by atoms with Gasteiger partial charge in [-0.2, -0.15) is 0 Å². The Morgan fingerprint density at radius 3 is 1.00 bits per heavy atom. The summed E-state index contributed by atoms with van der Waals surface area (Å²) in [6, 6.07) is 28.9. The molecule has 34 heavy (non-hydrogen) atoms. The van der Waals surface area contributed by atoms with Gasteiger partial charge in [-0.1, -0.05) is 76.2 Å². The van der Waals surface area contributed by atoms with E-state index in [0.717, 1.165) is 22.3 Å². The van der Waals surface area contributed by atoms with Gasteiger partial charge in [0.25, 0.3) is 0 Å². The number of hydrogen-bond donors (Lipinski definition) is 4. The van der Waals surface area contributed by atoms with Crippen LogP contribution in [0.15, 0.2) is 97.1 Å². The zero-order chi connectivity index (χ0) is 24.9. The van der Waals surface area contributed by atoms with Gasteiger partial charge >= 0.3 is 0 Å². The Hall–Kier alpha value is -3.92. The molecule has 4 nitrogen and oxygen atoms in total. The quantitative estimate of drug-likeness (QED) is 0.271. The highest BCUT2D eigenvalue weighted by atomic mass is 16.3. The molecule has 0 amide bonds. The molecule has 0 spiro atoms. The number of phenols is 4. The van der Waals surface area contributed by atoms with Crippen molar-refractivity contribution in [1.29, 1.82) is 0 Å². The van der Waals surface area contributed by atoms with Gasteiger partial charge in [-0.05, 0) is 70.8 Å². The van der Waals surface area contributed by atoms with Crippen molar-refractivity contribution in [2.24, 2.45) is 0 Å². The summed E-state index contributed by atoms with van der Waals surface area (Å²) in [5, 5.41) is 37.6. The molecule has 0 fully saturated rings. The van der Waals surface area contributed by atoms with Crippen LogP contribution in [0, 0.1) is 0 Å². The Morgan fingerprint density at radius 1 is 0.382 bits per heavy atom. The number of aromatic hydroxyl groups is 4. The molecule has 0 saturated heterocycles. The molecule has 0 saturated carbocycles. The largest absolute Gasteiger partial charge is 0.508 e. The van der Waals surface area contributed by atoms with Gasteiger partial charge in [0.15, 0.2) is 0 Å². The minimum absolute atomic E-state index is 0.202. The van der Waals surface area contributed by atoms with Crippen LogP contribution in [0.4, 0.5) is 0 Å². The maximum atomic E-state index is 9.53. The van der Waals surface area contributed by atoms with Gasteiger partial charge in [-0.3, -0.25) is 0 Å². The van der Waals surface area contributed by atoms with Gasteiger partial charge in [0.05, 0.1) is 0 Å². The number of benzene rings is 4. The summed E-state index contributed by atoms with van der Waals surface area (Å²) in [6.07, 6.45) is 0. The zero-order valence-electron chi connectivity index (χ0n) is 20.0. The Balaban J connectivity index is 0.000000191. The first-order chi connectivity index (χ1) is 16.0. The van der Waals surface area contributed by atoms with Gasteiger partial charge in [0.1, 0.15) is 23.0 Å². The molecule has 0 aliphatic rings. The minimum atomic E-state index is -0.202. The molecule has 0 aliphatic carbocycles. The van der Waals surface area contributed by atoms with E-state index in [1.54, 1.807) is 48.5 Å². The standard InChI is InChI=1S/2C15H16O2/c2*1-15(2,11-6-8-13(16)9-7-11)12-4-3-5-14(17)10-12/h2*3-10,16-17H,1-2H3. The Bertz CT molecular complexity index is 1120. The van der Waals surface area contributed by atoms with E-state index >= 15 is 0 Å². The lowest BCUT2D eigenvalue weighted by Gasteiger charge is -2.26. The number of phenolic OH excluding ortho intramolecular Hbond substituents is 4. The van der Waals surface area contributed by atoms with Crippen molar-refractivity contribution in [1.82, 2.24) is 0 Å². The fourth-order valence-corrected chi connectivity index (χ4v) is 3.88. The van der Waals surface area contributed by atoms with Crippen molar-refractivity contribution in [2.75, 3.05) is 0 Å². The minimum Gasteiger partial charge on any atom is -0.508 e. The molecular weight excluding hydrogens is 424 g/mol. The second kappa shape index (κ2) is 9.92. The van der Waals surface area contributed by atoms with E-state index in [1.807, 2.05) is 48.5 Å². The third kappa shape index (κ3) is 5.70. The summed E-state index contributed by atoms with van der Waals surface area (Å²) in [5.41, 5.74) is 3.88. The van der Waals surface area contributed by atoms with Crippen molar-refractivity contribution >= 4 is 0 Å². The van der Waals surface area contributed by atoms with Crippen LogP contribution in [0.25, 0.3) is 0 Å². The SMILES string of the molecule is CC(C)(c1ccc(O)cc1)c1cccc(O)c1.CC(C)(c1ccc(O)cc1)c1cccc(O)c1. The monoisotopic (exact) mass is 456 g/mol. The molecule has 4 heteroatoms. The van der Waals surface area contributed by atoms with Gasteiger partial charge in [0.2, 0.25) is 0 Å². The van der Waals surface area contributed by atoms with Crippen LogP contribution in [0.3, 0.4) is 0 Å². The van der Waals surface area contributed by atoms with Crippen LogP contribution in [0.1, 0.15) is 49.9 Å². The molecule has 0 atom stereocenters. The number of hydrogen-bond acceptors (Lipinski definition) is 4. The lowest BCUT2D eigenvalue weighted by Crippen LogP contribution is -2.18. The molecule has 176 valence electrons. The van der Waals surface area contributed by atoms with Crippen LogP contribution in [0.5, 0.6) is 23.0 Å². The first kappa shape index (κ1) is 24.7. The van der Waals surface area contributed by atoms with E-state index in [4.69, 9.17) is 0 Å². The third-order valence-corrected chi connectivity index (χ3v) is 6.31. The highest BCUT2D eigenvalue weighted by Crippen LogP contribution is 2.34. The zero-order valence-corrected chi connectivity index (χ0v) is 20.0. The summed E-state index contributed by atoms with van der Waals surface area (Å²) in [5.74, 6) is 1.07. The molecule has 0 unspecified atom stereocenters. The van der Waals surface area contributed by atoms with E-state index in [1.165, 1.54) is 0 Å².